The van der Waals surface area contributed by atoms with Crippen LogP contribution in [0, 0.1) is 0 Å². The van der Waals surface area contributed by atoms with Gasteiger partial charge in [0.2, 0.25) is 5.13 Å². The van der Waals surface area contributed by atoms with Gasteiger partial charge in [0.05, 0.1) is 10.6 Å². The van der Waals surface area contributed by atoms with E-state index >= 15 is 0 Å². The van der Waals surface area contributed by atoms with Gasteiger partial charge < -0.3 is 9.80 Å². The van der Waals surface area contributed by atoms with E-state index in [2.05, 4.69) is 19.2 Å². The second kappa shape index (κ2) is 8.16. The fourth-order valence-electron chi connectivity index (χ4n) is 4.03. The summed E-state index contributed by atoms with van der Waals surface area (Å²) in [6, 6.07) is 3.95. The van der Waals surface area contributed by atoms with Crippen LogP contribution in [0.15, 0.2) is 18.2 Å². The zero-order valence-electron chi connectivity index (χ0n) is 15.4. The van der Waals surface area contributed by atoms with Crippen molar-refractivity contribution >= 4 is 28.3 Å². The fraction of sp³-hybridized carbons (Fsp3) is 0.579. The molecule has 2 aliphatic rings. The maximum absolute atomic E-state index is 12.8. The number of piperidine rings is 2. The number of hydrogen-bond acceptors (Lipinski definition) is 5. The average Bonchev–Trinajstić information content (AvgIpc) is 3.18. The summed E-state index contributed by atoms with van der Waals surface area (Å²) in [6.45, 7) is 4.27. The van der Waals surface area contributed by atoms with Gasteiger partial charge in [0, 0.05) is 36.2 Å². The molecule has 4 rings (SSSR count). The van der Waals surface area contributed by atoms with E-state index in [1.165, 1.54) is 50.0 Å². The number of likely N-dealkylation sites (tertiary alicyclic amines) is 1. The Kier molecular flexibility index (Phi) is 5.81. The van der Waals surface area contributed by atoms with Gasteiger partial charge in [-0.2, -0.15) is 22.5 Å². The zero-order valence-corrected chi connectivity index (χ0v) is 17.0. The molecule has 1 aromatic carbocycles. The van der Waals surface area contributed by atoms with E-state index in [1.54, 1.807) is 0 Å². The predicted molar refractivity (Wildman–Crippen MR) is 106 cm³/mol. The van der Waals surface area contributed by atoms with Crippen molar-refractivity contribution in [1.29, 1.82) is 0 Å². The molecule has 0 atom stereocenters. The molecule has 0 aliphatic carbocycles. The highest BCUT2D eigenvalue weighted by molar-refractivity contribution is 7.09. The topological polar surface area (TPSA) is 32.3 Å². The van der Waals surface area contributed by atoms with Crippen LogP contribution in [0.2, 0.25) is 5.02 Å². The number of anilines is 1. The Labute approximate surface area is 171 Å². The molecule has 1 aromatic heterocycles. The Bertz CT molecular complexity index is 812. The number of benzene rings is 1. The van der Waals surface area contributed by atoms with Crippen molar-refractivity contribution in [2.24, 2.45) is 0 Å². The van der Waals surface area contributed by atoms with Gasteiger partial charge in [-0.05, 0) is 57.0 Å². The molecule has 152 valence electrons. The first kappa shape index (κ1) is 19.9. The highest BCUT2D eigenvalue weighted by Gasteiger charge is 2.31. The van der Waals surface area contributed by atoms with Gasteiger partial charge in [-0.25, -0.2) is 0 Å². The van der Waals surface area contributed by atoms with Crippen LogP contribution in [0.25, 0.3) is 11.4 Å². The normalized spacial score (nSPS) is 19.9. The molecule has 0 unspecified atom stereocenters. The predicted octanol–water partition coefficient (Wildman–Crippen LogP) is 5.33. The first-order chi connectivity index (χ1) is 13.4. The Morgan fingerprint density at radius 3 is 2.39 bits per heavy atom. The number of halogens is 4. The molecule has 0 radical (unpaired) electrons. The Balaban J connectivity index is 1.42. The molecule has 28 heavy (non-hydrogen) atoms. The minimum Gasteiger partial charge on any atom is -0.347 e. The van der Waals surface area contributed by atoms with E-state index in [-0.39, 0.29) is 5.02 Å². The molecule has 9 heteroatoms. The number of rotatable bonds is 3. The van der Waals surface area contributed by atoms with E-state index in [4.69, 9.17) is 11.6 Å². The van der Waals surface area contributed by atoms with Crippen LogP contribution in [0.3, 0.4) is 0 Å². The molecule has 0 saturated carbocycles. The molecule has 4 nitrogen and oxygen atoms in total. The summed E-state index contributed by atoms with van der Waals surface area (Å²) in [7, 11) is 0. The molecule has 3 heterocycles. The van der Waals surface area contributed by atoms with Gasteiger partial charge in [0.1, 0.15) is 0 Å². The van der Waals surface area contributed by atoms with E-state index in [0.29, 0.717) is 17.4 Å². The summed E-state index contributed by atoms with van der Waals surface area (Å²) >= 11 is 7.35. The van der Waals surface area contributed by atoms with E-state index in [9.17, 15) is 13.2 Å². The monoisotopic (exact) mass is 430 g/mol. The number of aromatic nitrogens is 2. The smallest absolute Gasteiger partial charge is 0.347 e. The van der Waals surface area contributed by atoms with E-state index in [1.807, 2.05) is 0 Å². The van der Waals surface area contributed by atoms with Crippen molar-refractivity contribution in [2.75, 3.05) is 31.1 Å². The summed E-state index contributed by atoms with van der Waals surface area (Å²) < 4.78 is 42.8. The van der Waals surface area contributed by atoms with Crippen LogP contribution in [-0.2, 0) is 6.18 Å². The summed E-state index contributed by atoms with van der Waals surface area (Å²) in [4.78, 5) is 9.39. The molecule has 2 aromatic rings. The van der Waals surface area contributed by atoms with Crippen molar-refractivity contribution in [2.45, 2.75) is 44.3 Å². The molecule has 0 bridgehead atoms. The van der Waals surface area contributed by atoms with Crippen LogP contribution in [-0.4, -0.2) is 46.5 Å². The van der Waals surface area contributed by atoms with Crippen molar-refractivity contribution in [3.8, 4) is 11.4 Å². The molecular weight excluding hydrogens is 409 g/mol. The first-order valence-corrected chi connectivity index (χ1v) is 10.8. The van der Waals surface area contributed by atoms with Gasteiger partial charge >= 0.3 is 6.18 Å². The maximum atomic E-state index is 12.8. The van der Waals surface area contributed by atoms with Crippen molar-refractivity contribution in [1.82, 2.24) is 14.3 Å². The molecular formula is C19H22ClF3N4S. The summed E-state index contributed by atoms with van der Waals surface area (Å²) in [5.41, 5.74) is -0.336. The van der Waals surface area contributed by atoms with Gasteiger partial charge in [-0.3, -0.25) is 0 Å². The van der Waals surface area contributed by atoms with Crippen molar-refractivity contribution < 1.29 is 13.2 Å². The fourth-order valence-corrected chi connectivity index (χ4v) is 5.03. The second-order valence-electron chi connectivity index (χ2n) is 7.41. The zero-order chi connectivity index (χ0) is 19.7. The molecule has 2 fully saturated rings. The van der Waals surface area contributed by atoms with E-state index < -0.39 is 11.7 Å². The summed E-state index contributed by atoms with van der Waals surface area (Å²) in [5, 5.41) is 0.825. The van der Waals surface area contributed by atoms with Crippen LogP contribution in [0.4, 0.5) is 18.3 Å². The quantitative estimate of drug-likeness (QED) is 0.658. The van der Waals surface area contributed by atoms with E-state index in [0.717, 1.165) is 43.2 Å². The lowest BCUT2D eigenvalue weighted by molar-refractivity contribution is -0.137. The maximum Gasteiger partial charge on any atom is 0.416 e. The lowest BCUT2D eigenvalue weighted by atomic mass is 10.0. The van der Waals surface area contributed by atoms with Gasteiger partial charge in [0.25, 0.3) is 0 Å². The van der Waals surface area contributed by atoms with Crippen LogP contribution >= 0.6 is 23.1 Å². The highest BCUT2D eigenvalue weighted by atomic mass is 35.5. The molecule has 2 saturated heterocycles. The second-order valence-corrected chi connectivity index (χ2v) is 8.55. The molecule has 2 aliphatic heterocycles. The third-order valence-electron chi connectivity index (χ3n) is 5.59. The van der Waals surface area contributed by atoms with Crippen LogP contribution in [0.5, 0.6) is 0 Å². The lowest BCUT2D eigenvalue weighted by Crippen LogP contribution is -2.46. The number of alkyl halides is 3. The van der Waals surface area contributed by atoms with Crippen molar-refractivity contribution in [3.05, 3.63) is 28.8 Å². The average molecular weight is 431 g/mol. The highest BCUT2D eigenvalue weighted by Crippen LogP contribution is 2.36. The third kappa shape index (κ3) is 4.28. The van der Waals surface area contributed by atoms with Gasteiger partial charge in [-0.15, -0.1) is 0 Å². The third-order valence-corrected chi connectivity index (χ3v) is 6.68. The molecule has 0 amide bonds. The minimum absolute atomic E-state index is 0.0166. The first-order valence-electron chi connectivity index (χ1n) is 9.61. The SMILES string of the molecule is FC(F)(F)c1ccc(-c2nsc(N3CCC(N4CCCCC4)CC3)n2)c(Cl)c1. The van der Waals surface area contributed by atoms with Gasteiger partial charge in [-0.1, -0.05) is 18.0 Å². The molecule has 0 N–H and O–H groups in total. The Hall–Kier alpha value is -1.38. The lowest BCUT2D eigenvalue weighted by Gasteiger charge is -2.40. The standard InChI is InChI=1S/C19H22ClF3N4S/c20-16-12-13(19(21,22)23)4-5-15(16)17-24-18(28-25-17)27-10-6-14(7-11-27)26-8-2-1-3-9-26/h4-5,12,14H,1-3,6-11H2. The number of hydrogen-bond donors (Lipinski definition) is 0. The summed E-state index contributed by atoms with van der Waals surface area (Å²) in [5.74, 6) is 0.386. The minimum atomic E-state index is -4.42. The van der Waals surface area contributed by atoms with Crippen molar-refractivity contribution in [3.63, 3.8) is 0 Å². The van der Waals surface area contributed by atoms with Gasteiger partial charge in [0.15, 0.2) is 5.82 Å². The largest absolute Gasteiger partial charge is 0.416 e. The Morgan fingerprint density at radius 2 is 1.75 bits per heavy atom. The van der Waals surface area contributed by atoms with Crippen LogP contribution < -0.4 is 4.90 Å². The molecule has 0 spiro atoms. The number of nitrogens with zero attached hydrogens (tertiary/aromatic N) is 4. The van der Waals surface area contributed by atoms with Crippen LogP contribution in [0.1, 0.15) is 37.7 Å². The summed E-state index contributed by atoms with van der Waals surface area (Å²) in [6.07, 6.45) is 1.74. The Morgan fingerprint density at radius 1 is 1.04 bits per heavy atom.